The first kappa shape index (κ1) is 21.2. The number of benzene rings is 1. The minimum Gasteiger partial charge on any atom is -0.372 e. The molecule has 32 heavy (non-hydrogen) atoms. The molecule has 0 saturated carbocycles. The Labute approximate surface area is 189 Å². The first-order valence-corrected chi connectivity index (χ1v) is 11.9. The number of hydrogen-bond acceptors (Lipinski definition) is 4. The molecule has 2 aliphatic rings. The van der Waals surface area contributed by atoms with Crippen LogP contribution in [0.1, 0.15) is 64.7 Å². The number of carbonyl (C=O) groups excluding carboxylic acids is 1. The maximum atomic E-state index is 13.5. The van der Waals surface area contributed by atoms with Crippen LogP contribution in [-0.4, -0.2) is 46.4 Å². The molecule has 0 aliphatic carbocycles. The van der Waals surface area contributed by atoms with Crippen molar-refractivity contribution < 1.29 is 9.53 Å². The lowest BCUT2D eigenvalue weighted by atomic mass is 9.97. The van der Waals surface area contributed by atoms with Gasteiger partial charge in [-0.2, -0.15) is 0 Å². The summed E-state index contributed by atoms with van der Waals surface area (Å²) in [5.74, 6) is 0.0596. The Morgan fingerprint density at radius 3 is 2.81 bits per heavy atom. The van der Waals surface area contributed by atoms with Crippen LogP contribution >= 0.6 is 0 Å². The van der Waals surface area contributed by atoms with Gasteiger partial charge in [0.2, 0.25) is 0 Å². The van der Waals surface area contributed by atoms with Crippen LogP contribution < -0.4 is 5.32 Å². The zero-order chi connectivity index (χ0) is 21.9. The van der Waals surface area contributed by atoms with Crippen LogP contribution in [0.3, 0.4) is 0 Å². The number of amides is 1. The molecule has 0 radical (unpaired) electrons. The van der Waals surface area contributed by atoms with Crippen molar-refractivity contribution >= 4 is 11.6 Å². The molecule has 1 amide bonds. The monoisotopic (exact) mass is 432 g/mol. The molecule has 1 N–H and O–H groups in total. The van der Waals surface area contributed by atoms with E-state index in [0.29, 0.717) is 18.8 Å². The third kappa shape index (κ3) is 4.30. The highest BCUT2D eigenvalue weighted by molar-refractivity contribution is 5.94. The molecule has 1 saturated heterocycles. The van der Waals surface area contributed by atoms with Crippen LogP contribution in [-0.2, 0) is 17.7 Å². The van der Waals surface area contributed by atoms with Crippen molar-refractivity contribution in [2.45, 2.75) is 51.7 Å². The van der Waals surface area contributed by atoms with Crippen molar-refractivity contribution in [2.75, 3.05) is 26.2 Å². The largest absolute Gasteiger partial charge is 0.372 e. The molecule has 168 valence electrons. The molecule has 5 rings (SSSR count). The van der Waals surface area contributed by atoms with Gasteiger partial charge in [0.1, 0.15) is 5.65 Å². The second kappa shape index (κ2) is 9.43. The summed E-state index contributed by atoms with van der Waals surface area (Å²) in [6.45, 7) is 5.73. The SMILES string of the molecule is Cc1ccn2c(CNC[C@@H]3OCCc4ccccc43)c(C(=O)N3CCCCCC3)nc2c1. The molecule has 2 aromatic heterocycles. The molecule has 1 aromatic carbocycles. The summed E-state index contributed by atoms with van der Waals surface area (Å²) in [6, 6.07) is 12.6. The van der Waals surface area contributed by atoms with Gasteiger partial charge in [0.25, 0.3) is 5.91 Å². The quantitative estimate of drug-likeness (QED) is 0.661. The molecule has 0 spiro atoms. The molecular weight excluding hydrogens is 400 g/mol. The molecule has 1 atom stereocenters. The third-order valence-electron chi connectivity index (χ3n) is 6.69. The topological polar surface area (TPSA) is 58.9 Å². The minimum atomic E-state index is 0.0335. The fraction of sp³-hybridized carbons (Fsp3) is 0.462. The molecule has 6 nitrogen and oxygen atoms in total. The number of nitrogens with one attached hydrogen (secondary N) is 1. The van der Waals surface area contributed by atoms with E-state index in [1.807, 2.05) is 17.2 Å². The highest BCUT2D eigenvalue weighted by atomic mass is 16.5. The molecule has 3 aromatic rings. The second-order valence-corrected chi connectivity index (χ2v) is 8.98. The predicted molar refractivity (Wildman–Crippen MR) is 125 cm³/mol. The molecule has 1 fully saturated rings. The second-order valence-electron chi connectivity index (χ2n) is 8.98. The number of aryl methyl sites for hydroxylation is 1. The van der Waals surface area contributed by atoms with Crippen LogP contribution in [0.25, 0.3) is 5.65 Å². The number of fused-ring (bicyclic) bond motifs is 2. The summed E-state index contributed by atoms with van der Waals surface area (Å²) in [5.41, 5.74) is 6.12. The lowest BCUT2D eigenvalue weighted by Crippen LogP contribution is -2.33. The van der Waals surface area contributed by atoms with Crippen molar-refractivity contribution in [3.8, 4) is 0 Å². The standard InChI is InChI=1S/C26H32N4O2/c1-19-10-14-30-22(17-27-18-23-21-9-5-4-8-20(21)11-15-32-23)25(28-24(30)16-19)26(31)29-12-6-2-3-7-13-29/h4-5,8-10,14,16,23,27H,2-3,6-7,11-13,15,17-18H2,1H3/t23-/m0/s1. The van der Waals surface area contributed by atoms with Gasteiger partial charge in [-0.1, -0.05) is 37.1 Å². The summed E-state index contributed by atoms with van der Waals surface area (Å²) in [7, 11) is 0. The fourth-order valence-corrected chi connectivity index (χ4v) is 4.93. The summed E-state index contributed by atoms with van der Waals surface area (Å²) in [5, 5.41) is 3.56. The van der Waals surface area contributed by atoms with Gasteiger partial charge >= 0.3 is 0 Å². The van der Waals surface area contributed by atoms with Crippen LogP contribution in [0, 0.1) is 6.92 Å². The number of imidazole rings is 1. The number of pyridine rings is 1. The van der Waals surface area contributed by atoms with E-state index in [1.54, 1.807) is 0 Å². The summed E-state index contributed by atoms with van der Waals surface area (Å²) < 4.78 is 8.11. The van der Waals surface area contributed by atoms with Crippen molar-refractivity contribution in [3.63, 3.8) is 0 Å². The maximum Gasteiger partial charge on any atom is 0.274 e. The van der Waals surface area contributed by atoms with Crippen LogP contribution in [0.4, 0.5) is 0 Å². The summed E-state index contributed by atoms with van der Waals surface area (Å²) in [4.78, 5) is 20.2. The number of nitrogens with zero attached hydrogens (tertiary/aromatic N) is 3. The average molecular weight is 433 g/mol. The highest BCUT2D eigenvalue weighted by Gasteiger charge is 2.25. The number of aromatic nitrogens is 2. The van der Waals surface area contributed by atoms with Gasteiger partial charge in [-0.25, -0.2) is 4.98 Å². The first-order valence-electron chi connectivity index (χ1n) is 11.9. The van der Waals surface area contributed by atoms with E-state index in [-0.39, 0.29) is 12.0 Å². The Bertz CT molecular complexity index is 1100. The van der Waals surface area contributed by atoms with Gasteiger partial charge in [-0.15, -0.1) is 0 Å². The fourth-order valence-electron chi connectivity index (χ4n) is 4.93. The third-order valence-corrected chi connectivity index (χ3v) is 6.69. The lowest BCUT2D eigenvalue weighted by Gasteiger charge is -2.26. The van der Waals surface area contributed by atoms with Crippen molar-refractivity contribution in [1.82, 2.24) is 19.6 Å². The zero-order valence-corrected chi connectivity index (χ0v) is 18.8. The van der Waals surface area contributed by atoms with E-state index in [2.05, 4.69) is 47.0 Å². The summed E-state index contributed by atoms with van der Waals surface area (Å²) in [6.07, 6.45) is 7.57. The zero-order valence-electron chi connectivity index (χ0n) is 18.8. The van der Waals surface area contributed by atoms with Gasteiger partial charge in [0, 0.05) is 32.4 Å². The smallest absolute Gasteiger partial charge is 0.274 e. The van der Waals surface area contributed by atoms with Crippen molar-refractivity contribution in [2.24, 2.45) is 0 Å². The van der Waals surface area contributed by atoms with Gasteiger partial charge in [0.15, 0.2) is 5.69 Å². The molecule has 2 aliphatic heterocycles. The Morgan fingerprint density at radius 1 is 1.16 bits per heavy atom. The maximum absolute atomic E-state index is 13.5. The normalized spacial score (nSPS) is 19.0. The molecular formula is C26H32N4O2. The van der Waals surface area contributed by atoms with Crippen molar-refractivity contribution in [3.05, 3.63) is 70.7 Å². The number of rotatable bonds is 5. The molecule has 6 heteroatoms. The Morgan fingerprint density at radius 2 is 1.97 bits per heavy atom. The first-order chi connectivity index (χ1) is 15.7. The van der Waals surface area contributed by atoms with Gasteiger partial charge < -0.3 is 19.4 Å². The molecule has 0 unspecified atom stereocenters. The van der Waals surface area contributed by atoms with E-state index in [0.717, 1.165) is 55.9 Å². The lowest BCUT2D eigenvalue weighted by molar-refractivity contribution is 0.0422. The Balaban J connectivity index is 1.38. The van der Waals surface area contributed by atoms with Gasteiger partial charge in [-0.05, 0) is 55.0 Å². The average Bonchev–Trinajstić information content (AvgIpc) is 2.97. The van der Waals surface area contributed by atoms with E-state index >= 15 is 0 Å². The summed E-state index contributed by atoms with van der Waals surface area (Å²) >= 11 is 0. The van der Waals surface area contributed by atoms with E-state index < -0.39 is 0 Å². The molecule has 4 heterocycles. The Hall–Kier alpha value is -2.70. The van der Waals surface area contributed by atoms with E-state index in [9.17, 15) is 4.79 Å². The Kier molecular flexibility index (Phi) is 6.23. The highest BCUT2D eigenvalue weighted by Crippen LogP contribution is 2.26. The minimum absolute atomic E-state index is 0.0335. The van der Waals surface area contributed by atoms with Gasteiger partial charge in [-0.3, -0.25) is 4.79 Å². The van der Waals surface area contributed by atoms with Crippen LogP contribution in [0.2, 0.25) is 0 Å². The predicted octanol–water partition coefficient (Wildman–Crippen LogP) is 4.06. The molecule has 0 bridgehead atoms. The van der Waals surface area contributed by atoms with E-state index in [4.69, 9.17) is 9.72 Å². The van der Waals surface area contributed by atoms with Gasteiger partial charge in [0.05, 0.1) is 18.4 Å². The number of ether oxygens (including phenoxy) is 1. The van der Waals surface area contributed by atoms with E-state index in [1.165, 1.54) is 24.0 Å². The number of carbonyl (C=O) groups is 1. The van der Waals surface area contributed by atoms with Crippen molar-refractivity contribution in [1.29, 1.82) is 0 Å². The number of hydrogen-bond donors (Lipinski definition) is 1. The number of likely N-dealkylation sites (tertiary alicyclic amines) is 1. The van der Waals surface area contributed by atoms with Crippen LogP contribution in [0.15, 0.2) is 42.6 Å². The van der Waals surface area contributed by atoms with Crippen LogP contribution in [0.5, 0.6) is 0 Å².